The molecule has 4 aromatic carbocycles. The highest BCUT2D eigenvalue weighted by atomic mass is 16.3. The number of rotatable bonds is 7. The van der Waals surface area contributed by atoms with E-state index in [0.717, 1.165) is 45.7 Å². The highest BCUT2D eigenvalue weighted by molar-refractivity contribution is 6.02. The van der Waals surface area contributed by atoms with Crippen LogP contribution in [0.15, 0.2) is 93.3 Å². The summed E-state index contributed by atoms with van der Waals surface area (Å²) < 4.78 is 0. The molecule has 0 aliphatic heterocycles. The van der Waals surface area contributed by atoms with E-state index < -0.39 is 0 Å². The number of nitrogens with zero attached hydrogens (tertiary/aromatic N) is 4. The van der Waals surface area contributed by atoms with Crippen LogP contribution in [0.5, 0.6) is 5.75 Å². The molecule has 4 aromatic rings. The van der Waals surface area contributed by atoms with Crippen molar-refractivity contribution in [2.75, 3.05) is 18.9 Å². The fourth-order valence-corrected chi connectivity index (χ4v) is 3.73. The molecule has 0 fully saturated rings. The third-order valence-electron chi connectivity index (χ3n) is 5.32. The number of aryl methyl sites for hydroxylation is 1. The lowest BCUT2D eigenvalue weighted by molar-refractivity contribution is 0.481. The number of anilines is 1. The largest absolute Gasteiger partial charge is 0.507 e. The summed E-state index contributed by atoms with van der Waals surface area (Å²) in [6, 6.07) is 23.5. The number of benzene rings is 4. The van der Waals surface area contributed by atoms with E-state index >= 15 is 0 Å². The van der Waals surface area contributed by atoms with Crippen LogP contribution in [0.25, 0.3) is 22.9 Å². The molecule has 0 aliphatic rings. The van der Waals surface area contributed by atoms with E-state index in [2.05, 4.69) is 25.8 Å². The molecule has 6 nitrogen and oxygen atoms in total. The van der Waals surface area contributed by atoms with Crippen molar-refractivity contribution in [1.29, 1.82) is 0 Å². The molecule has 0 bridgehead atoms. The van der Waals surface area contributed by atoms with Crippen molar-refractivity contribution in [2.24, 2.45) is 20.5 Å². The first kappa shape index (κ1) is 22.9. The first-order valence-electron chi connectivity index (χ1n) is 11.2. The number of phenols is 1. The summed E-state index contributed by atoms with van der Waals surface area (Å²) in [5, 5.41) is 32.3. The van der Waals surface area contributed by atoms with Crippen molar-refractivity contribution < 1.29 is 5.11 Å². The Morgan fingerprint density at radius 1 is 0.794 bits per heavy atom. The van der Waals surface area contributed by atoms with Gasteiger partial charge < -0.3 is 10.4 Å². The third-order valence-corrected chi connectivity index (χ3v) is 5.32. The van der Waals surface area contributed by atoms with Gasteiger partial charge in [-0.15, -0.1) is 5.11 Å². The van der Waals surface area contributed by atoms with Crippen LogP contribution in [-0.2, 0) is 0 Å². The van der Waals surface area contributed by atoms with E-state index in [4.69, 9.17) is 0 Å². The topological polar surface area (TPSA) is 81.7 Å². The molecule has 0 aromatic heterocycles. The summed E-state index contributed by atoms with van der Waals surface area (Å²) in [6.45, 7) is 4.73. The highest BCUT2D eigenvalue weighted by Crippen LogP contribution is 2.40. The van der Waals surface area contributed by atoms with E-state index in [-0.39, 0.29) is 5.75 Å². The summed E-state index contributed by atoms with van der Waals surface area (Å²) >= 11 is 0. The van der Waals surface area contributed by atoms with E-state index in [1.165, 1.54) is 0 Å². The van der Waals surface area contributed by atoms with Crippen molar-refractivity contribution in [3.05, 3.63) is 89.5 Å². The average molecular weight is 450 g/mol. The molecule has 2 N–H and O–H groups in total. The van der Waals surface area contributed by atoms with Gasteiger partial charge in [0, 0.05) is 13.6 Å². The lowest BCUT2D eigenvalue weighted by Gasteiger charge is -2.12. The molecule has 0 spiro atoms. The number of fused-ring (bicyclic) bond motifs is 1. The zero-order chi connectivity index (χ0) is 23.9. The first-order chi connectivity index (χ1) is 16.6. The lowest BCUT2D eigenvalue weighted by Crippen LogP contribution is -1.97. The molecule has 4 rings (SSSR count). The minimum absolute atomic E-state index is 0.204. The molecule has 0 saturated heterocycles. The lowest BCUT2D eigenvalue weighted by atomic mass is 10.0. The predicted molar refractivity (Wildman–Crippen MR) is 141 cm³/mol. The van der Waals surface area contributed by atoms with E-state index in [0.29, 0.717) is 11.1 Å². The monoisotopic (exact) mass is 449 g/mol. The summed E-state index contributed by atoms with van der Waals surface area (Å²) in [7, 11) is 1.66. The Bertz CT molecular complexity index is 1370. The van der Waals surface area contributed by atoms with Crippen LogP contribution in [0.2, 0.25) is 0 Å². The number of azo groups is 2. The Labute approximate surface area is 199 Å². The van der Waals surface area contributed by atoms with Crippen LogP contribution >= 0.6 is 0 Å². The molecule has 0 aliphatic carbocycles. The predicted octanol–water partition coefficient (Wildman–Crippen LogP) is 8.58. The molecule has 6 heteroatoms. The van der Waals surface area contributed by atoms with Gasteiger partial charge in [0.2, 0.25) is 0 Å². The number of aromatic hydroxyl groups is 1. The molecule has 0 radical (unpaired) electrons. The maximum atomic E-state index is 10.6. The van der Waals surface area contributed by atoms with Crippen LogP contribution in [-0.4, -0.2) is 18.7 Å². The highest BCUT2D eigenvalue weighted by Gasteiger charge is 2.12. The standard InChI is InChI=1S/C28H27N5O/c1-4-30-25-16-11-22-17-19(2)18-26(34)27(22)28(25)33-32-24-14-9-21(10-15-24)6-5-20-7-12-23(13-8-20)31-29-3/h5-18,30,34H,4H2,1-3H3. The van der Waals surface area contributed by atoms with Gasteiger partial charge in [-0.3, -0.25) is 0 Å². The van der Waals surface area contributed by atoms with Gasteiger partial charge in [-0.25, -0.2) is 0 Å². The molecular formula is C28H27N5O. The minimum atomic E-state index is 0.204. The zero-order valence-electron chi connectivity index (χ0n) is 19.5. The normalized spacial score (nSPS) is 11.9. The van der Waals surface area contributed by atoms with Gasteiger partial charge in [0.15, 0.2) is 0 Å². The smallest absolute Gasteiger partial charge is 0.125 e. The summed E-state index contributed by atoms with van der Waals surface area (Å²) in [5.74, 6) is 0.204. The molecule has 0 heterocycles. The van der Waals surface area contributed by atoms with Crippen molar-refractivity contribution in [3.63, 3.8) is 0 Å². The molecule has 0 atom stereocenters. The van der Waals surface area contributed by atoms with Gasteiger partial charge in [-0.05, 0) is 72.3 Å². The fourth-order valence-electron chi connectivity index (χ4n) is 3.73. The first-order valence-corrected chi connectivity index (χ1v) is 11.2. The van der Waals surface area contributed by atoms with Crippen molar-refractivity contribution in [1.82, 2.24) is 0 Å². The number of nitrogens with one attached hydrogen (secondary N) is 1. The van der Waals surface area contributed by atoms with Gasteiger partial charge in [0.25, 0.3) is 0 Å². The Balaban J connectivity index is 1.57. The minimum Gasteiger partial charge on any atom is -0.507 e. The van der Waals surface area contributed by atoms with Crippen LogP contribution in [0.1, 0.15) is 23.6 Å². The number of phenolic OH excluding ortho intramolecular Hbond substituents is 1. The SMILES string of the molecule is CCNc1ccc2cc(C)cc(O)c2c1N=Nc1ccc(C=Cc2ccc(N=NC)cc2)cc1. The van der Waals surface area contributed by atoms with Crippen LogP contribution in [0, 0.1) is 6.92 Å². The molecule has 170 valence electrons. The van der Waals surface area contributed by atoms with Gasteiger partial charge in [-0.1, -0.05) is 48.6 Å². The molecule has 34 heavy (non-hydrogen) atoms. The summed E-state index contributed by atoms with van der Waals surface area (Å²) in [5.41, 5.74) is 6.17. The number of hydrogen-bond donors (Lipinski definition) is 2. The Hall–Kier alpha value is -4.32. The van der Waals surface area contributed by atoms with E-state index in [1.54, 1.807) is 13.1 Å². The molecule has 0 amide bonds. The zero-order valence-corrected chi connectivity index (χ0v) is 19.5. The summed E-state index contributed by atoms with van der Waals surface area (Å²) in [4.78, 5) is 0. The second kappa shape index (κ2) is 10.5. The van der Waals surface area contributed by atoms with Gasteiger partial charge in [0.05, 0.1) is 22.4 Å². The van der Waals surface area contributed by atoms with Crippen LogP contribution in [0.3, 0.4) is 0 Å². The summed E-state index contributed by atoms with van der Waals surface area (Å²) in [6.07, 6.45) is 4.10. The third kappa shape index (κ3) is 5.35. The maximum Gasteiger partial charge on any atom is 0.125 e. The second-order valence-corrected chi connectivity index (χ2v) is 7.89. The average Bonchev–Trinajstić information content (AvgIpc) is 2.84. The molecule has 0 saturated carbocycles. The van der Waals surface area contributed by atoms with Crippen molar-refractivity contribution in [2.45, 2.75) is 13.8 Å². The number of hydrogen-bond acceptors (Lipinski definition) is 6. The quantitative estimate of drug-likeness (QED) is 0.219. The van der Waals surface area contributed by atoms with Crippen molar-refractivity contribution in [3.8, 4) is 5.75 Å². The Morgan fingerprint density at radius 2 is 1.41 bits per heavy atom. The molecular weight excluding hydrogens is 422 g/mol. The maximum absolute atomic E-state index is 10.6. The second-order valence-electron chi connectivity index (χ2n) is 7.89. The van der Waals surface area contributed by atoms with Crippen molar-refractivity contribution >= 4 is 45.7 Å². The van der Waals surface area contributed by atoms with Crippen LogP contribution in [0.4, 0.5) is 22.7 Å². The van der Waals surface area contributed by atoms with Gasteiger partial charge in [0.1, 0.15) is 11.4 Å². The Morgan fingerprint density at radius 3 is 2.00 bits per heavy atom. The fraction of sp³-hybridized carbons (Fsp3) is 0.143. The van der Waals surface area contributed by atoms with Gasteiger partial charge >= 0.3 is 0 Å². The van der Waals surface area contributed by atoms with Gasteiger partial charge in [-0.2, -0.15) is 15.3 Å². The Kier molecular flexibility index (Phi) is 7.08. The van der Waals surface area contributed by atoms with E-state index in [9.17, 15) is 5.11 Å². The van der Waals surface area contributed by atoms with E-state index in [1.807, 2.05) is 92.7 Å². The van der Waals surface area contributed by atoms with Crippen LogP contribution < -0.4 is 5.32 Å². The molecule has 0 unspecified atom stereocenters.